The molecule has 140 valence electrons. The monoisotopic (exact) mass is 411 g/mol. The van der Waals surface area contributed by atoms with Crippen LogP contribution in [0.3, 0.4) is 0 Å². The highest BCUT2D eigenvalue weighted by atomic mass is 32.2. The zero-order valence-corrected chi connectivity index (χ0v) is 17.4. The normalized spacial score (nSPS) is 17.4. The Morgan fingerprint density at radius 3 is 3.00 bits per heavy atom. The highest BCUT2D eigenvalue weighted by Gasteiger charge is 2.30. The number of thiophene rings is 1. The number of nitrogens with zero attached hydrogens (tertiary/aromatic N) is 2. The van der Waals surface area contributed by atoms with Crippen molar-refractivity contribution in [2.45, 2.75) is 49.6 Å². The minimum Gasteiger partial charge on any atom is -0.462 e. The third-order valence-electron chi connectivity index (χ3n) is 4.21. The minimum atomic E-state index is -0.348. The van der Waals surface area contributed by atoms with Gasteiger partial charge in [-0.2, -0.15) is 0 Å². The van der Waals surface area contributed by atoms with Gasteiger partial charge in [0.05, 0.1) is 17.4 Å². The van der Waals surface area contributed by atoms with Crippen LogP contribution in [0, 0.1) is 5.92 Å². The second kappa shape index (κ2) is 8.49. The van der Waals surface area contributed by atoms with Crippen LogP contribution in [0.4, 0.5) is 5.00 Å². The number of fused-ring (bicyclic) bond motifs is 1. The van der Waals surface area contributed by atoms with E-state index in [1.807, 2.05) is 6.92 Å². The zero-order chi connectivity index (χ0) is 18.7. The van der Waals surface area contributed by atoms with E-state index >= 15 is 0 Å². The third-order valence-corrected chi connectivity index (χ3v) is 7.30. The predicted molar refractivity (Wildman–Crippen MR) is 105 cm³/mol. The van der Waals surface area contributed by atoms with Gasteiger partial charge < -0.3 is 10.1 Å². The van der Waals surface area contributed by atoms with E-state index in [2.05, 4.69) is 22.4 Å². The van der Waals surface area contributed by atoms with Gasteiger partial charge >= 0.3 is 5.97 Å². The number of anilines is 1. The van der Waals surface area contributed by atoms with Gasteiger partial charge in [-0.05, 0) is 44.6 Å². The van der Waals surface area contributed by atoms with Gasteiger partial charge in [0.1, 0.15) is 10.5 Å². The van der Waals surface area contributed by atoms with Crippen LogP contribution in [0.25, 0.3) is 0 Å². The molecule has 0 bridgehead atoms. The number of thioether (sulfide) groups is 1. The third kappa shape index (κ3) is 4.27. The molecule has 9 heteroatoms. The number of ether oxygens (including phenoxy) is 1. The Kier molecular flexibility index (Phi) is 6.31. The van der Waals surface area contributed by atoms with Gasteiger partial charge in [-0.1, -0.05) is 30.0 Å². The lowest BCUT2D eigenvalue weighted by Crippen LogP contribution is -2.23. The number of nitrogens with one attached hydrogen (secondary N) is 1. The molecule has 26 heavy (non-hydrogen) atoms. The number of esters is 1. The molecule has 2 atom stereocenters. The molecule has 1 aliphatic rings. The van der Waals surface area contributed by atoms with Crippen molar-refractivity contribution >= 4 is 51.3 Å². The molecule has 0 saturated heterocycles. The summed E-state index contributed by atoms with van der Waals surface area (Å²) in [5.41, 5.74) is 3.23. The van der Waals surface area contributed by atoms with E-state index < -0.39 is 0 Å². The second-order valence-corrected chi connectivity index (χ2v) is 9.76. The Hall–Kier alpha value is -1.45. The number of hydrogen-bond donors (Lipinski definition) is 1. The van der Waals surface area contributed by atoms with E-state index in [0.29, 0.717) is 23.1 Å². The standard InChI is InChI=1S/C17H21N3O3S3/c1-4-23-16(22)13-11-6-5-9(2)7-12(11)26-15(13)19-14(21)10(3)25-17-20-18-8-24-17/h8-10H,4-7H2,1-3H3,(H,19,21). The SMILES string of the molecule is CCOC(=O)c1c(NC(=O)C(C)Sc2nncs2)sc2c1CCC(C)C2. The molecule has 0 fully saturated rings. The van der Waals surface area contributed by atoms with Crippen LogP contribution in [0.15, 0.2) is 9.85 Å². The molecule has 1 N–H and O–H groups in total. The maximum atomic E-state index is 12.6. The average Bonchev–Trinajstić information content (AvgIpc) is 3.21. The largest absolute Gasteiger partial charge is 0.462 e. The molecule has 0 aromatic carbocycles. The van der Waals surface area contributed by atoms with Crippen molar-refractivity contribution in [2.24, 2.45) is 5.92 Å². The number of carbonyl (C=O) groups is 2. The van der Waals surface area contributed by atoms with E-state index in [0.717, 1.165) is 29.2 Å². The average molecular weight is 412 g/mol. The summed E-state index contributed by atoms with van der Waals surface area (Å²) < 4.78 is 5.99. The summed E-state index contributed by atoms with van der Waals surface area (Å²) in [6.45, 7) is 6.14. The van der Waals surface area contributed by atoms with Crippen LogP contribution in [-0.2, 0) is 22.4 Å². The van der Waals surface area contributed by atoms with Crippen LogP contribution in [0.5, 0.6) is 0 Å². The zero-order valence-electron chi connectivity index (χ0n) is 14.9. The molecule has 2 aromatic heterocycles. The summed E-state index contributed by atoms with van der Waals surface area (Å²) in [6.07, 6.45) is 2.84. The van der Waals surface area contributed by atoms with Crippen LogP contribution < -0.4 is 5.32 Å². The number of aromatic nitrogens is 2. The highest BCUT2D eigenvalue weighted by Crippen LogP contribution is 2.40. The minimum absolute atomic E-state index is 0.151. The fourth-order valence-electron chi connectivity index (χ4n) is 2.89. The maximum Gasteiger partial charge on any atom is 0.341 e. The maximum absolute atomic E-state index is 12.6. The van der Waals surface area contributed by atoms with Crippen molar-refractivity contribution < 1.29 is 14.3 Å². The van der Waals surface area contributed by atoms with Crippen LogP contribution in [-0.4, -0.2) is 33.9 Å². The van der Waals surface area contributed by atoms with E-state index in [1.54, 1.807) is 12.4 Å². The van der Waals surface area contributed by atoms with Gasteiger partial charge in [0, 0.05) is 4.88 Å². The summed E-state index contributed by atoms with van der Waals surface area (Å²) in [5, 5.41) is 11.0. The molecule has 0 saturated carbocycles. The number of carbonyl (C=O) groups excluding carboxylic acids is 2. The Balaban J connectivity index is 1.81. The van der Waals surface area contributed by atoms with Crippen molar-refractivity contribution in [1.29, 1.82) is 0 Å². The first kappa shape index (κ1) is 19.3. The van der Waals surface area contributed by atoms with Gasteiger partial charge in [0.2, 0.25) is 5.91 Å². The van der Waals surface area contributed by atoms with Crippen molar-refractivity contribution in [3.8, 4) is 0 Å². The topological polar surface area (TPSA) is 81.2 Å². The Bertz CT molecular complexity index is 789. The molecule has 0 aliphatic heterocycles. The molecule has 1 amide bonds. The van der Waals surface area contributed by atoms with Gasteiger partial charge in [-0.25, -0.2) is 4.79 Å². The lowest BCUT2D eigenvalue weighted by Gasteiger charge is -2.18. The lowest BCUT2D eigenvalue weighted by atomic mass is 9.88. The van der Waals surface area contributed by atoms with Crippen LogP contribution in [0.1, 0.15) is 48.0 Å². The predicted octanol–water partition coefficient (Wildman–Crippen LogP) is 4.02. The number of hydrogen-bond acceptors (Lipinski definition) is 8. The number of rotatable bonds is 6. The molecular formula is C17H21N3O3S3. The molecule has 3 rings (SSSR count). The second-order valence-electron chi connectivity index (χ2n) is 6.23. The van der Waals surface area contributed by atoms with Gasteiger partial charge in [-0.15, -0.1) is 21.5 Å². The summed E-state index contributed by atoms with van der Waals surface area (Å²) >= 11 is 4.27. The fourth-order valence-corrected chi connectivity index (χ4v) is 5.92. The van der Waals surface area contributed by atoms with Gasteiger partial charge in [0.15, 0.2) is 4.34 Å². The molecule has 0 spiro atoms. The van der Waals surface area contributed by atoms with Crippen molar-refractivity contribution in [1.82, 2.24) is 10.2 Å². The first-order valence-electron chi connectivity index (χ1n) is 8.54. The quantitative estimate of drug-likeness (QED) is 0.571. The Morgan fingerprint density at radius 2 is 2.31 bits per heavy atom. The molecular weight excluding hydrogens is 390 g/mol. The lowest BCUT2D eigenvalue weighted by molar-refractivity contribution is -0.115. The summed E-state index contributed by atoms with van der Waals surface area (Å²) in [7, 11) is 0. The van der Waals surface area contributed by atoms with Gasteiger partial charge in [-0.3, -0.25) is 4.79 Å². The van der Waals surface area contributed by atoms with E-state index in [9.17, 15) is 9.59 Å². The smallest absolute Gasteiger partial charge is 0.341 e. The summed E-state index contributed by atoms with van der Waals surface area (Å²) in [4.78, 5) is 26.3. The first-order valence-corrected chi connectivity index (χ1v) is 11.1. The van der Waals surface area contributed by atoms with E-state index in [-0.39, 0.29) is 17.1 Å². The molecule has 2 heterocycles. The number of amides is 1. The summed E-state index contributed by atoms with van der Waals surface area (Å²) in [5.74, 6) is 0.0910. The van der Waals surface area contributed by atoms with E-state index in [4.69, 9.17) is 4.74 Å². The molecule has 0 radical (unpaired) electrons. The van der Waals surface area contributed by atoms with E-state index in [1.165, 1.54) is 39.3 Å². The van der Waals surface area contributed by atoms with Crippen LogP contribution in [0.2, 0.25) is 0 Å². The first-order chi connectivity index (χ1) is 12.5. The molecule has 2 unspecified atom stereocenters. The molecule has 1 aliphatic carbocycles. The highest BCUT2D eigenvalue weighted by molar-refractivity contribution is 8.02. The van der Waals surface area contributed by atoms with Gasteiger partial charge in [0.25, 0.3) is 0 Å². The van der Waals surface area contributed by atoms with Crippen molar-refractivity contribution in [3.05, 3.63) is 21.5 Å². The van der Waals surface area contributed by atoms with Crippen molar-refractivity contribution in [2.75, 3.05) is 11.9 Å². The Labute approximate surface area is 164 Å². The Morgan fingerprint density at radius 1 is 1.50 bits per heavy atom. The summed E-state index contributed by atoms with van der Waals surface area (Å²) in [6, 6.07) is 0. The van der Waals surface area contributed by atoms with Crippen molar-refractivity contribution in [3.63, 3.8) is 0 Å². The van der Waals surface area contributed by atoms with Crippen LogP contribution >= 0.6 is 34.4 Å². The molecule has 6 nitrogen and oxygen atoms in total. The molecule has 2 aromatic rings. The fraction of sp³-hybridized carbons (Fsp3) is 0.529.